The van der Waals surface area contributed by atoms with E-state index in [1.807, 2.05) is 0 Å². The van der Waals surface area contributed by atoms with Gasteiger partial charge in [0, 0.05) is 11.8 Å². The summed E-state index contributed by atoms with van der Waals surface area (Å²) in [6.45, 7) is 2.88. The van der Waals surface area contributed by atoms with Crippen molar-refractivity contribution in [3.63, 3.8) is 0 Å². The van der Waals surface area contributed by atoms with E-state index in [9.17, 15) is 8.42 Å². The summed E-state index contributed by atoms with van der Waals surface area (Å²) in [6.07, 6.45) is 9.91. The van der Waals surface area contributed by atoms with Crippen molar-refractivity contribution >= 4 is 39.2 Å². The number of unbranched alkanes of at least 4 members (excludes halogenated alkanes) is 6. The van der Waals surface area contributed by atoms with Crippen molar-refractivity contribution in [2.75, 3.05) is 6.61 Å². The van der Waals surface area contributed by atoms with Crippen LogP contribution in [-0.4, -0.2) is 21.2 Å². The molecule has 27 heavy (non-hydrogen) atoms. The van der Waals surface area contributed by atoms with Crippen molar-refractivity contribution in [2.24, 2.45) is 4.40 Å². The SMILES string of the molecule is CCCCCCCCCOc1ccc(/C=N\S(=O)(=O)c2cccs2)c(Cl)c1. The lowest BCUT2D eigenvalue weighted by Gasteiger charge is -2.07. The van der Waals surface area contributed by atoms with Crippen molar-refractivity contribution in [2.45, 2.75) is 56.1 Å². The molecule has 0 aliphatic heterocycles. The first-order valence-corrected chi connectivity index (χ1v) is 12.0. The van der Waals surface area contributed by atoms with E-state index in [1.54, 1.807) is 29.6 Å². The van der Waals surface area contributed by atoms with Crippen LogP contribution in [-0.2, 0) is 10.0 Å². The van der Waals surface area contributed by atoms with Gasteiger partial charge in [0.05, 0.1) is 11.6 Å². The molecule has 0 bridgehead atoms. The highest BCUT2D eigenvalue weighted by molar-refractivity contribution is 7.92. The third-order valence-electron chi connectivity index (χ3n) is 4.07. The lowest BCUT2D eigenvalue weighted by atomic mass is 10.1. The van der Waals surface area contributed by atoms with Crippen LogP contribution in [0.5, 0.6) is 5.75 Å². The highest BCUT2D eigenvalue weighted by Crippen LogP contribution is 2.23. The third-order valence-corrected chi connectivity index (χ3v) is 7.01. The van der Waals surface area contributed by atoms with Crippen molar-refractivity contribution in [3.8, 4) is 5.75 Å². The first kappa shape index (κ1) is 21.9. The Hall–Kier alpha value is -1.37. The molecule has 1 aromatic carbocycles. The first-order valence-electron chi connectivity index (χ1n) is 9.29. The summed E-state index contributed by atoms with van der Waals surface area (Å²) >= 11 is 7.37. The van der Waals surface area contributed by atoms with Gasteiger partial charge in [-0.2, -0.15) is 12.8 Å². The Morgan fingerprint density at radius 1 is 1.11 bits per heavy atom. The minimum Gasteiger partial charge on any atom is -0.494 e. The Morgan fingerprint density at radius 2 is 1.85 bits per heavy atom. The van der Waals surface area contributed by atoms with Crippen LogP contribution in [0.3, 0.4) is 0 Å². The van der Waals surface area contributed by atoms with Crippen LogP contribution >= 0.6 is 22.9 Å². The molecule has 2 aromatic rings. The van der Waals surface area contributed by atoms with Crippen LogP contribution in [0.1, 0.15) is 57.4 Å². The number of hydrogen-bond donors (Lipinski definition) is 0. The van der Waals surface area contributed by atoms with E-state index in [1.165, 1.54) is 50.8 Å². The minimum absolute atomic E-state index is 0.213. The standard InChI is InChI=1S/C20H26ClNO3S2/c1-2-3-4-5-6-7-8-13-25-18-12-11-17(19(21)15-18)16-22-27(23,24)20-10-9-14-26-20/h9-12,14-16H,2-8,13H2,1H3/b22-16-. The molecule has 0 aliphatic rings. The molecule has 4 nitrogen and oxygen atoms in total. The van der Waals surface area contributed by atoms with Gasteiger partial charge in [-0.1, -0.05) is 63.1 Å². The van der Waals surface area contributed by atoms with Crippen molar-refractivity contribution in [1.82, 2.24) is 0 Å². The molecule has 2 rings (SSSR count). The molecular formula is C20H26ClNO3S2. The molecule has 0 saturated carbocycles. The average molecular weight is 428 g/mol. The fourth-order valence-corrected chi connectivity index (χ4v) is 4.60. The van der Waals surface area contributed by atoms with Gasteiger partial charge in [0.1, 0.15) is 9.96 Å². The van der Waals surface area contributed by atoms with Crippen molar-refractivity contribution in [1.29, 1.82) is 0 Å². The molecule has 0 aliphatic carbocycles. The van der Waals surface area contributed by atoms with E-state index in [0.29, 0.717) is 22.9 Å². The number of rotatable bonds is 12. The summed E-state index contributed by atoms with van der Waals surface area (Å²) in [6, 6.07) is 8.40. The molecule has 0 saturated heterocycles. The number of ether oxygens (including phenoxy) is 1. The van der Waals surface area contributed by atoms with Gasteiger partial charge in [0.25, 0.3) is 10.0 Å². The van der Waals surface area contributed by atoms with Gasteiger partial charge in [-0.05, 0) is 36.1 Å². The number of nitrogens with zero attached hydrogens (tertiary/aromatic N) is 1. The summed E-state index contributed by atoms with van der Waals surface area (Å²) in [5.41, 5.74) is 0.542. The van der Waals surface area contributed by atoms with E-state index < -0.39 is 10.0 Å². The maximum absolute atomic E-state index is 12.1. The average Bonchev–Trinajstić information content (AvgIpc) is 3.19. The molecule has 0 atom stereocenters. The van der Waals surface area contributed by atoms with Crippen LogP contribution in [0, 0.1) is 0 Å². The van der Waals surface area contributed by atoms with Gasteiger partial charge in [-0.25, -0.2) is 0 Å². The van der Waals surface area contributed by atoms with Crippen molar-refractivity contribution < 1.29 is 13.2 Å². The minimum atomic E-state index is -3.67. The Balaban J connectivity index is 1.81. The summed E-state index contributed by atoms with van der Waals surface area (Å²) in [5.74, 6) is 0.684. The fourth-order valence-electron chi connectivity index (χ4n) is 2.54. The quantitative estimate of drug-likeness (QED) is 0.293. The van der Waals surface area contributed by atoms with Gasteiger partial charge in [0.15, 0.2) is 0 Å². The zero-order chi connectivity index (χ0) is 19.5. The highest BCUT2D eigenvalue weighted by atomic mass is 35.5. The zero-order valence-corrected chi connectivity index (χ0v) is 18.0. The van der Waals surface area contributed by atoms with Gasteiger partial charge < -0.3 is 4.74 Å². The molecule has 0 fully saturated rings. The predicted molar refractivity (Wildman–Crippen MR) is 114 cm³/mol. The van der Waals surface area contributed by atoms with Crippen molar-refractivity contribution in [3.05, 3.63) is 46.3 Å². The lowest BCUT2D eigenvalue weighted by molar-refractivity contribution is 0.304. The summed E-state index contributed by atoms with van der Waals surface area (Å²) in [7, 11) is -3.67. The van der Waals surface area contributed by atoms with Gasteiger partial charge in [-0.15, -0.1) is 11.3 Å². The molecular weight excluding hydrogens is 402 g/mol. The highest BCUT2D eigenvalue weighted by Gasteiger charge is 2.12. The number of thiophene rings is 1. The molecule has 0 unspecified atom stereocenters. The van der Waals surface area contributed by atoms with Crippen LogP contribution in [0.2, 0.25) is 5.02 Å². The van der Waals surface area contributed by atoms with E-state index in [2.05, 4.69) is 11.3 Å². The molecule has 0 N–H and O–H groups in total. The monoisotopic (exact) mass is 427 g/mol. The second-order valence-corrected chi connectivity index (χ2v) is 9.51. The largest absolute Gasteiger partial charge is 0.494 e. The molecule has 1 aromatic heterocycles. The topological polar surface area (TPSA) is 55.7 Å². The maximum Gasteiger partial charge on any atom is 0.291 e. The van der Waals surface area contributed by atoms with Crippen LogP contribution in [0.15, 0.2) is 44.3 Å². The third kappa shape index (κ3) is 7.64. The first-order chi connectivity index (χ1) is 13.0. The van der Waals surface area contributed by atoms with Gasteiger partial charge in [0.2, 0.25) is 0 Å². The molecule has 148 valence electrons. The second-order valence-electron chi connectivity index (χ2n) is 6.29. The van der Waals surface area contributed by atoms with Crippen LogP contribution in [0.25, 0.3) is 0 Å². The van der Waals surface area contributed by atoms with E-state index in [4.69, 9.17) is 16.3 Å². The van der Waals surface area contributed by atoms with Gasteiger partial charge in [-0.3, -0.25) is 0 Å². The Kier molecular flexibility index (Phi) is 9.31. The normalized spacial score (nSPS) is 11.9. The lowest BCUT2D eigenvalue weighted by Crippen LogP contribution is -1.98. The molecule has 0 radical (unpaired) electrons. The molecule has 7 heteroatoms. The Labute approximate surface area is 171 Å². The smallest absolute Gasteiger partial charge is 0.291 e. The van der Waals surface area contributed by atoms with E-state index >= 15 is 0 Å². The molecule has 0 spiro atoms. The number of benzene rings is 1. The number of halogens is 1. The zero-order valence-electron chi connectivity index (χ0n) is 15.6. The Bertz CT molecular complexity index is 818. The summed E-state index contributed by atoms with van der Waals surface area (Å²) < 4.78 is 33.8. The Morgan fingerprint density at radius 3 is 2.52 bits per heavy atom. The van der Waals surface area contributed by atoms with Crippen LogP contribution < -0.4 is 4.74 Å². The summed E-state index contributed by atoms with van der Waals surface area (Å²) in [4.78, 5) is 0. The molecule has 0 amide bonds. The predicted octanol–water partition coefficient (Wildman–Crippen LogP) is 6.34. The fraction of sp³-hybridized carbons (Fsp3) is 0.450. The van der Waals surface area contributed by atoms with Gasteiger partial charge >= 0.3 is 0 Å². The maximum atomic E-state index is 12.1. The number of hydrogen-bond acceptors (Lipinski definition) is 4. The summed E-state index contributed by atoms with van der Waals surface area (Å²) in [5, 5.41) is 2.12. The second kappa shape index (κ2) is 11.5. The van der Waals surface area contributed by atoms with Crippen LogP contribution in [0.4, 0.5) is 0 Å². The van der Waals surface area contributed by atoms with E-state index in [-0.39, 0.29) is 4.21 Å². The number of sulfonamides is 1. The molecule has 1 heterocycles. The van der Waals surface area contributed by atoms with E-state index in [0.717, 1.165) is 17.8 Å².